The SMILES string of the molecule is O=C(N[C@@H](C(=O)O)[C@H](S)c1ccccc1)OCC1c2ccccc2-c2ccccc21. The molecule has 1 aliphatic carbocycles. The van der Waals surface area contributed by atoms with Gasteiger partial charge in [-0.1, -0.05) is 78.9 Å². The standard InChI is InChI=1S/C24H21NO4S/c26-23(27)21(22(30)15-8-2-1-3-9-15)25-24(28)29-14-20-18-12-6-4-10-16(18)17-11-5-7-13-19(17)20/h1-13,20-22,30H,14H2,(H,25,28)(H,26,27)/t21-,22-/m1/s1. The van der Waals surface area contributed by atoms with Gasteiger partial charge in [0.15, 0.2) is 0 Å². The Bertz CT molecular complexity index is 1020. The molecule has 6 heteroatoms. The van der Waals surface area contributed by atoms with Crippen molar-refractivity contribution in [3.63, 3.8) is 0 Å². The van der Waals surface area contributed by atoms with Crippen LogP contribution in [0.1, 0.15) is 27.9 Å². The fourth-order valence-electron chi connectivity index (χ4n) is 3.89. The first-order chi connectivity index (χ1) is 14.6. The van der Waals surface area contributed by atoms with Crippen LogP contribution in [0.15, 0.2) is 78.9 Å². The van der Waals surface area contributed by atoms with Gasteiger partial charge in [-0.05, 0) is 27.8 Å². The zero-order valence-electron chi connectivity index (χ0n) is 16.1. The number of ether oxygens (including phenoxy) is 1. The summed E-state index contributed by atoms with van der Waals surface area (Å²) in [6.07, 6.45) is -0.778. The largest absolute Gasteiger partial charge is 0.480 e. The molecule has 0 radical (unpaired) electrons. The van der Waals surface area contributed by atoms with Gasteiger partial charge in [-0.3, -0.25) is 0 Å². The van der Waals surface area contributed by atoms with Gasteiger partial charge in [-0.15, -0.1) is 0 Å². The smallest absolute Gasteiger partial charge is 0.407 e. The van der Waals surface area contributed by atoms with Crippen molar-refractivity contribution in [1.29, 1.82) is 0 Å². The summed E-state index contributed by atoms with van der Waals surface area (Å²) in [4.78, 5) is 24.2. The van der Waals surface area contributed by atoms with Crippen LogP contribution in [0.3, 0.4) is 0 Å². The first kappa shape index (κ1) is 20.0. The zero-order chi connectivity index (χ0) is 21.1. The number of carbonyl (C=O) groups is 2. The van der Waals surface area contributed by atoms with Crippen molar-refractivity contribution in [2.45, 2.75) is 17.2 Å². The van der Waals surface area contributed by atoms with E-state index in [1.54, 1.807) is 24.3 Å². The van der Waals surface area contributed by atoms with E-state index < -0.39 is 23.4 Å². The lowest BCUT2D eigenvalue weighted by atomic mass is 9.98. The van der Waals surface area contributed by atoms with Crippen molar-refractivity contribution < 1.29 is 19.4 Å². The molecule has 1 amide bonds. The van der Waals surface area contributed by atoms with Crippen LogP contribution in [0.2, 0.25) is 0 Å². The number of hydrogen-bond donors (Lipinski definition) is 3. The van der Waals surface area contributed by atoms with Gasteiger partial charge in [-0.25, -0.2) is 9.59 Å². The van der Waals surface area contributed by atoms with Crippen LogP contribution in [0.25, 0.3) is 11.1 Å². The summed E-state index contributed by atoms with van der Waals surface area (Å²) in [6, 6.07) is 23.8. The minimum Gasteiger partial charge on any atom is -0.480 e. The molecule has 0 aromatic heterocycles. The number of aliphatic carboxylic acids is 1. The number of nitrogens with one attached hydrogen (secondary N) is 1. The molecule has 0 unspecified atom stereocenters. The molecule has 0 fully saturated rings. The summed E-state index contributed by atoms with van der Waals surface area (Å²) in [7, 11) is 0. The lowest BCUT2D eigenvalue weighted by Gasteiger charge is -2.21. The van der Waals surface area contributed by atoms with Gasteiger partial charge in [0.25, 0.3) is 0 Å². The maximum absolute atomic E-state index is 12.4. The van der Waals surface area contributed by atoms with Crippen LogP contribution in [0.4, 0.5) is 4.79 Å². The number of hydrogen-bond acceptors (Lipinski definition) is 4. The molecule has 0 bridgehead atoms. The maximum atomic E-state index is 12.4. The van der Waals surface area contributed by atoms with Crippen LogP contribution in [-0.4, -0.2) is 29.8 Å². The highest BCUT2D eigenvalue weighted by Crippen LogP contribution is 2.44. The van der Waals surface area contributed by atoms with Crippen molar-refractivity contribution in [2.75, 3.05) is 6.61 Å². The number of benzene rings is 3. The second kappa shape index (κ2) is 8.63. The van der Waals surface area contributed by atoms with Crippen molar-refractivity contribution in [2.24, 2.45) is 0 Å². The molecule has 30 heavy (non-hydrogen) atoms. The Labute approximate surface area is 180 Å². The zero-order valence-corrected chi connectivity index (χ0v) is 17.0. The van der Waals surface area contributed by atoms with Crippen molar-refractivity contribution in [3.8, 4) is 11.1 Å². The number of carbonyl (C=O) groups excluding carboxylic acids is 1. The number of amides is 1. The van der Waals surface area contributed by atoms with Gasteiger partial charge in [0, 0.05) is 5.92 Å². The highest BCUT2D eigenvalue weighted by Gasteiger charge is 2.31. The van der Waals surface area contributed by atoms with E-state index in [0.717, 1.165) is 22.3 Å². The third kappa shape index (κ3) is 3.91. The molecule has 0 spiro atoms. The third-order valence-electron chi connectivity index (χ3n) is 5.34. The summed E-state index contributed by atoms with van der Waals surface area (Å²) in [5.41, 5.74) is 5.15. The van der Waals surface area contributed by atoms with E-state index in [0.29, 0.717) is 5.56 Å². The van der Waals surface area contributed by atoms with Crippen molar-refractivity contribution in [1.82, 2.24) is 5.32 Å². The topological polar surface area (TPSA) is 75.6 Å². The quantitative estimate of drug-likeness (QED) is 0.509. The maximum Gasteiger partial charge on any atom is 0.407 e. The summed E-state index contributed by atoms with van der Waals surface area (Å²) in [5, 5.41) is 11.3. The van der Waals surface area contributed by atoms with E-state index >= 15 is 0 Å². The minimum atomic E-state index is -1.22. The molecule has 3 aromatic rings. The predicted octanol–water partition coefficient (Wildman–Crippen LogP) is 4.65. The van der Waals surface area contributed by atoms with Gasteiger partial charge in [0.05, 0.1) is 5.25 Å². The number of carboxylic acid groups (broad SMARTS) is 1. The molecule has 1 aliphatic rings. The fraction of sp³-hybridized carbons (Fsp3) is 0.167. The average Bonchev–Trinajstić information content (AvgIpc) is 3.10. The molecule has 2 atom stereocenters. The molecule has 3 aromatic carbocycles. The molecule has 5 nitrogen and oxygen atoms in total. The Balaban J connectivity index is 1.46. The number of alkyl carbamates (subject to hydrolysis) is 1. The summed E-state index contributed by atoms with van der Waals surface area (Å²) in [5.74, 6) is -1.26. The lowest BCUT2D eigenvalue weighted by Crippen LogP contribution is -2.44. The van der Waals surface area contributed by atoms with Crippen LogP contribution in [0, 0.1) is 0 Å². The van der Waals surface area contributed by atoms with Crippen LogP contribution in [0.5, 0.6) is 0 Å². The Morgan fingerprint density at radius 2 is 1.43 bits per heavy atom. The molecule has 2 N–H and O–H groups in total. The normalized spacial score (nSPS) is 14.3. The summed E-state index contributed by atoms with van der Waals surface area (Å²) < 4.78 is 5.46. The molecule has 4 rings (SSSR count). The molecule has 0 heterocycles. The number of fused-ring (bicyclic) bond motifs is 3. The summed E-state index contributed by atoms with van der Waals surface area (Å²) in [6.45, 7) is 0.120. The van der Waals surface area contributed by atoms with E-state index in [1.165, 1.54) is 0 Å². The Kier molecular flexibility index (Phi) is 5.77. The van der Waals surface area contributed by atoms with Crippen molar-refractivity contribution >= 4 is 24.7 Å². The summed E-state index contributed by atoms with van der Waals surface area (Å²) >= 11 is 4.41. The number of rotatable bonds is 6. The minimum absolute atomic E-state index is 0.0904. The second-order valence-corrected chi connectivity index (χ2v) is 7.70. The second-order valence-electron chi connectivity index (χ2n) is 7.14. The van der Waals surface area contributed by atoms with E-state index in [-0.39, 0.29) is 12.5 Å². The Morgan fingerprint density at radius 3 is 2.00 bits per heavy atom. The van der Waals surface area contributed by atoms with Crippen molar-refractivity contribution in [3.05, 3.63) is 95.6 Å². The van der Waals surface area contributed by atoms with E-state index in [9.17, 15) is 14.7 Å². The van der Waals surface area contributed by atoms with Gasteiger partial charge < -0.3 is 15.2 Å². The first-order valence-electron chi connectivity index (χ1n) is 9.63. The van der Waals surface area contributed by atoms with Gasteiger partial charge >= 0.3 is 12.1 Å². The van der Waals surface area contributed by atoms with E-state index in [4.69, 9.17) is 4.74 Å². The van der Waals surface area contributed by atoms with Gasteiger partial charge in [0.2, 0.25) is 0 Å². The number of thiol groups is 1. The highest BCUT2D eigenvalue weighted by atomic mass is 32.1. The predicted molar refractivity (Wildman–Crippen MR) is 118 cm³/mol. The molecule has 0 aliphatic heterocycles. The van der Waals surface area contributed by atoms with E-state index in [2.05, 4.69) is 30.1 Å². The Hall–Kier alpha value is -3.25. The molecular weight excluding hydrogens is 398 g/mol. The van der Waals surface area contributed by atoms with Crippen LogP contribution < -0.4 is 5.32 Å². The fourth-order valence-corrected chi connectivity index (χ4v) is 4.26. The third-order valence-corrected chi connectivity index (χ3v) is 5.94. The Morgan fingerprint density at radius 1 is 0.900 bits per heavy atom. The molecule has 0 saturated carbocycles. The first-order valence-corrected chi connectivity index (χ1v) is 10.1. The number of carboxylic acids is 1. The average molecular weight is 420 g/mol. The molecular formula is C24H21NO4S. The van der Waals surface area contributed by atoms with Gasteiger partial charge in [0.1, 0.15) is 12.6 Å². The monoisotopic (exact) mass is 419 g/mol. The van der Waals surface area contributed by atoms with Crippen LogP contribution >= 0.6 is 12.6 Å². The van der Waals surface area contributed by atoms with E-state index in [1.807, 2.05) is 42.5 Å². The van der Waals surface area contributed by atoms with Gasteiger partial charge in [-0.2, -0.15) is 12.6 Å². The lowest BCUT2D eigenvalue weighted by molar-refractivity contribution is -0.139. The molecule has 152 valence electrons. The molecule has 0 saturated heterocycles. The highest BCUT2D eigenvalue weighted by molar-refractivity contribution is 7.80. The van der Waals surface area contributed by atoms with Crippen LogP contribution in [-0.2, 0) is 9.53 Å².